The summed E-state index contributed by atoms with van der Waals surface area (Å²) in [6.07, 6.45) is 0.807. The molecule has 0 aromatic heterocycles. The van der Waals surface area contributed by atoms with Gasteiger partial charge in [-0.15, -0.1) is 0 Å². The van der Waals surface area contributed by atoms with Crippen LogP contribution in [0.3, 0.4) is 0 Å². The highest BCUT2D eigenvalue weighted by Crippen LogP contribution is 2.59. The van der Waals surface area contributed by atoms with Gasteiger partial charge in [-0.05, 0) is 23.7 Å². The standard InChI is InChI=1S/C14H24N2O4S/c1-9-10-8-11(14(9,2)3)13(12(10)15-17)21(18,19)16-4-6-20-7-5-16/h9-11,13,17H,4-8H2,1-3H3/b15-12-/t9-,10+,11+,13-/m1/s1. The molecular formula is C14H24N2O4S. The van der Waals surface area contributed by atoms with E-state index in [1.807, 2.05) is 0 Å². The van der Waals surface area contributed by atoms with Crippen LogP contribution >= 0.6 is 0 Å². The first kappa shape index (κ1) is 15.2. The van der Waals surface area contributed by atoms with E-state index in [0.29, 0.717) is 37.9 Å². The topological polar surface area (TPSA) is 79.2 Å². The minimum Gasteiger partial charge on any atom is -0.411 e. The molecule has 0 radical (unpaired) electrons. The Hall–Kier alpha value is -0.660. The molecule has 6 nitrogen and oxygen atoms in total. The lowest BCUT2D eigenvalue weighted by atomic mass is 9.69. The lowest BCUT2D eigenvalue weighted by molar-refractivity contribution is 0.0719. The first-order valence-electron chi connectivity index (χ1n) is 7.60. The highest BCUT2D eigenvalue weighted by molar-refractivity contribution is 7.90. The molecule has 1 saturated heterocycles. The van der Waals surface area contributed by atoms with Crippen molar-refractivity contribution in [3.05, 3.63) is 0 Å². The third kappa shape index (κ3) is 2.04. The molecule has 1 N–H and O–H groups in total. The quantitative estimate of drug-likeness (QED) is 0.612. The Bertz CT molecular complexity index is 551. The van der Waals surface area contributed by atoms with E-state index in [2.05, 4.69) is 25.9 Å². The molecule has 2 aliphatic carbocycles. The predicted molar refractivity (Wildman–Crippen MR) is 78.9 cm³/mol. The van der Waals surface area contributed by atoms with E-state index in [4.69, 9.17) is 4.74 Å². The summed E-state index contributed by atoms with van der Waals surface area (Å²) in [6, 6.07) is 0. The van der Waals surface area contributed by atoms with E-state index < -0.39 is 15.3 Å². The van der Waals surface area contributed by atoms with Crippen molar-refractivity contribution in [1.82, 2.24) is 4.31 Å². The second-order valence-electron chi connectivity index (χ2n) is 7.06. The molecule has 7 heteroatoms. The highest BCUT2D eigenvalue weighted by Gasteiger charge is 2.63. The van der Waals surface area contributed by atoms with Crippen LogP contribution in [-0.2, 0) is 14.8 Å². The van der Waals surface area contributed by atoms with Crippen molar-refractivity contribution >= 4 is 15.7 Å². The minimum atomic E-state index is -3.49. The number of morpholine rings is 1. The smallest absolute Gasteiger partial charge is 0.222 e. The van der Waals surface area contributed by atoms with Crippen molar-refractivity contribution in [3.63, 3.8) is 0 Å². The number of rotatable bonds is 2. The van der Waals surface area contributed by atoms with Crippen LogP contribution in [0, 0.1) is 23.2 Å². The van der Waals surface area contributed by atoms with Gasteiger partial charge < -0.3 is 9.94 Å². The first-order valence-corrected chi connectivity index (χ1v) is 9.10. The van der Waals surface area contributed by atoms with Crippen LogP contribution in [0.25, 0.3) is 0 Å². The first-order chi connectivity index (χ1) is 9.81. The fourth-order valence-electron chi connectivity index (χ4n) is 4.40. The van der Waals surface area contributed by atoms with E-state index in [1.165, 1.54) is 4.31 Å². The van der Waals surface area contributed by atoms with Crippen LogP contribution in [0.1, 0.15) is 27.2 Å². The maximum absolute atomic E-state index is 13.0. The molecular weight excluding hydrogens is 292 g/mol. The number of sulfonamides is 1. The average Bonchev–Trinajstić information content (AvgIpc) is 2.96. The van der Waals surface area contributed by atoms with Crippen molar-refractivity contribution < 1.29 is 18.4 Å². The summed E-state index contributed by atoms with van der Waals surface area (Å²) in [5, 5.41) is 12.1. The number of hydrogen-bond acceptors (Lipinski definition) is 5. The van der Waals surface area contributed by atoms with Crippen LogP contribution in [0.15, 0.2) is 5.16 Å². The fourth-order valence-corrected chi connectivity index (χ4v) is 6.78. The van der Waals surface area contributed by atoms with Crippen molar-refractivity contribution in [2.75, 3.05) is 26.3 Å². The molecule has 2 bridgehead atoms. The lowest BCUT2D eigenvalue weighted by Crippen LogP contribution is -2.53. The number of hydrogen-bond donors (Lipinski definition) is 1. The molecule has 0 spiro atoms. The van der Waals surface area contributed by atoms with Gasteiger partial charge in [-0.25, -0.2) is 8.42 Å². The van der Waals surface area contributed by atoms with Crippen molar-refractivity contribution in [3.8, 4) is 0 Å². The Morgan fingerprint density at radius 3 is 2.52 bits per heavy atom. The highest BCUT2D eigenvalue weighted by atomic mass is 32.2. The molecule has 0 amide bonds. The second kappa shape index (κ2) is 4.93. The minimum absolute atomic E-state index is 0.0243. The van der Waals surface area contributed by atoms with Gasteiger partial charge in [0.1, 0.15) is 5.25 Å². The van der Waals surface area contributed by atoms with E-state index in [1.54, 1.807) is 0 Å². The van der Waals surface area contributed by atoms with Crippen molar-refractivity contribution in [1.29, 1.82) is 0 Å². The molecule has 0 aromatic rings. The Morgan fingerprint density at radius 1 is 1.33 bits per heavy atom. The van der Waals surface area contributed by atoms with Crippen molar-refractivity contribution in [2.45, 2.75) is 32.4 Å². The van der Waals surface area contributed by atoms with Crippen LogP contribution in [0.2, 0.25) is 0 Å². The number of nitrogens with zero attached hydrogens (tertiary/aromatic N) is 2. The number of oxime groups is 1. The third-order valence-electron chi connectivity index (χ3n) is 6.04. The summed E-state index contributed by atoms with van der Waals surface area (Å²) >= 11 is 0. The Labute approximate surface area is 126 Å². The van der Waals surface area contributed by atoms with Crippen LogP contribution in [-0.4, -0.2) is 55.2 Å². The normalized spacial score (nSPS) is 41.8. The predicted octanol–water partition coefficient (Wildman–Crippen LogP) is 1.16. The zero-order valence-electron chi connectivity index (χ0n) is 12.8. The summed E-state index contributed by atoms with van der Waals surface area (Å²) in [5.41, 5.74) is 0.418. The molecule has 3 aliphatic rings. The van der Waals surface area contributed by atoms with Gasteiger partial charge in [-0.2, -0.15) is 4.31 Å². The van der Waals surface area contributed by atoms with Gasteiger partial charge in [0.2, 0.25) is 10.0 Å². The van der Waals surface area contributed by atoms with E-state index >= 15 is 0 Å². The molecule has 4 atom stereocenters. The fraction of sp³-hybridized carbons (Fsp3) is 0.929. The van der Waals surface area contributed by atoms with Gasteiger partial charge in [0.05, 0.1) is 18.9 Å². The molecule has 1 aliphatic heterocycles. The van der Waals surface area contributed by atoms with Crippen LogP contribution in [0.4, 0.5) is 0 Å². The van der Waals surface area contributed by atoms with E-state index in [9.17, 15) is 13.6 Å². The van der Waals surface area contributed by atoms with Crippen LogP contribution < -0.4 is 0 Å². The SMILES string of the molecule is C[C@@H]1[C@@H]2C[C@@H]([C@@H](S(=O)(=O)N3CCOCC3)/C2=N\O)C1(C)C. The summed E-state index contributed by atoms with van der Waals surface area (Å²) < 4.78 is 32.8. The van der Waals surface area contributed by atoms with Crippen molar-refractivity contribution in [2.24, 2.45) is 28.3 Å². The zero-order valence-corrected chi connectivity index (χ0v) is 13.6. The summed E-state index contributed by atoms with van der Waals surface area (Å²) in [4.78, 5) is 0. The number of ether oxygens (including phenoxy) is 1. The van der Waals surface area contributed by atoms with E-state index in [0.717, 1.165) is 6.42 Å². The lowest BCUT2D eigenvalue weighted by Gasteiger charge is -2.42. The maximum atomic E-state index is 13.0. The van der Waals surface area contributed by atoms with E-state index in [-0.39, 0.29) is 17.3 Å². The molecule has 1 heterocycles. The third-order valence-corrected chi connectivity index (χ3v) is 8.34. The Morgan fingerprint density at radius 2 is 1.95 bits per heavy atom. The monoisotopic (exact) mass is 316 g/mol. The van der Waals surface area contributed by atoms with Gasteiger partial charge in [0.25, 0.3) is 0 Å². The summed E-state index contributed by atoms with van der Waals surface area (Å²) in [6.45, 7) is 8.07. The maximum Gasteiger partial charge on any atom is 0.222 e. The molecule has 21 heavy (non-hydrogen) atoms. The number of fused-ring (bicyclic) bond motifs is 2. The summed E-state index contributed by atoms with van der Waals surface area (Å²) in [7, 11) is -3.49. The van der Waals surface area contributed by atoms with Gasteiger partial charge in [-0.3, -0.25) is 0 Å². The molecule has 3 rings (SSSR count). The zero-order chi connectivity index (χ0) is 15.4. The molecule has 0 aromatic carbocycles. The molecule has 120 valence electrons. The second-order valence-corrected chi connectivity index (χ2v) is 9.11. The largest absolute Gasteiger partial charge is 0.411 e. The Balaban J connectivity index is 1.97. The molecule has 3 fully saturated rings. The van der Waals surface area contributed by atoms with Gasteiger partial charge >= 0.3 is 0 Å². The summed E-state index contributed by atoms with van der Waals surface area (Å²) in [5.74, 6) is 0.441. The molecule has 2 saturated carbocycles. The average molecular weight is 316 g/mol. The molecule has 0 unspecified atom stereocenters. The van der Waals surface area contributed by atoms with Gasteiger partial charge in [0, 0.05) is 19.0 Å². The van der Waals surface area contributed by atoms with Gasteiger partial charge in [-0.1, -0.05) is 25.9 Å². The Kier molecular flexibility index (Phi) is 3.58. The van der Waals surface area contributed by atoms with Gasteiger partial charge in [0.15, 0.2) is 0 Å². The van der Waals surface area contributed by atoms with Crippen LogP contribution in [0.5, 0.6) is 0 Å².